The van der Waals surface area contributed by atoms with Gasteiger partial charge in [0.25, 0.3) is 5.56 Å². The Bertz CT molecular complexity index is 781. The number of piperazine rings is 1. The smallest absolute Gasteiger partial charge is 0.256 e. The Kier molecular flexibility index (Phi) is 4.20. The number of benzene rings is 1. The van der Waals surface area contributed by atoms with E-state index in [-0.39, 0.29) is 5.56 Å². The molecule has 0 radical (unpaired) electrons. The molecule has 6 nitrogen and oxygen atoms in total. The summed E-state index contributed by atoms with van der Waals surface area (Å²) in [7, 11) is 2.16. The number of hydrogen-bond donors (Lipinski definition) is 2. The lowest BCUT2D eigenvalue weighted by Gasteiger charge is -2.34. The zero-order chi connectivity index (χ0) is 16.5. The Morgan fingerprint density at radius 2 is 1.88 bits per heavy atom. The van der Waals surface area contributed by atoms with Gasteiger partial charge in [0, 0.05) is 54.6 Å². The maximum Gasteiger partial charge on any atom is 0.256 e. The van der Waals surface area contributed by atoms with Crippen molar-refractivity contribution in [1.82, 2.24) is 14.9 Å². The standard InChI is InChI=1S/C17H21N5OS/c1-21-6-8-22(9-7-21)13-4-2-12(3-5-13)18-17-19-15-11-24-10-14(15)16(23)20-17/h2-5H,6-11H2,1H3,(H2,18,19,20,23). The molecule has 2 aliphatic heterocycles. The largest absolute Gasteiger partial charge is 0.369 e. The topological polar surface area (TPSA) is 64.3 Å². The second-order valence-corrected chi connectivity index (χ2v) is 7.28. The quantitative estimate of drug-likeness (QED) is 0.889. The van der Waals surface area contributed by atoms with Crippen molar-refractivity contribution in [3.8, 4) is 0 Å². The van der Waals surface area contributed by atoms with Gasteiger partial charge >= 0.3 is 0 Å². The predicted octanol–water partition coefficient (Wildman–Crippen LogP) is 2.01. The van der Waals surface area contributed by atoms with Crippen LogP contribution >= 0.6 is 11.8 Å². The first-order chi connectivity index (χ1) is 11.7. The first-order valence-electron chi connectivity index (χ1n) is 8.19. The molecular formula is C17H21N5OS. The summed E-state index contributed by atoms with van der Waals surface area (Å²) in [6.07, 6.45) is 0. The number of thioether (sulfide) groups is 1. The molecule has 2 aromatic rings. The van der Waals surface area contributed by atoms with Gasteiger partial charge in [-0.2, -0.15) is 11.8 Å². The summed E-state index contributed by atoms with van der Waals surface area (Å²) in [5, 5.41) is 3.21. The van der Waals surface area contributed by atoms with Crippen molar-refractivity contribution in [1.29, 1.82) is 0 Å². The molecule has 0 atom stereocenters. The minimum absolute atomic E-state index is 0.0263. The van der Waals surface area contributed by atoms with Crippen molar-refractivity contribution in [2.45, 2.75) is 11.5 Å². The van der Waals surface area contributed by atoms with Crippen molar-refractivity contribution < 1.29 is 0 Å². The van der Waals surface area contributed by atoms with E-state index in [2.05, 4.69) is 44.3 Å². The number of likely N-dealkylation sites (N-methyl/N-ethyl adjacent to an activating group) is 1. The van der Waals surface area contributed by atoms with Crippen LogP contribution in [0.3, 0.4) is 0 Å². The molecule has 1 saturated heterocycles. The third-order valence-electron chi connectivity index (χ3n) is 4.58. The number of aromatic nitrogens is 2. The highest BCUT2D eigenvalue weighted by atomic mass is 32.2. The van der Waals surface area contributed by atoms with Gasteiger partial charge in [-0.1, -0.05) is 0 Å². The zero-order valence-corrected chi connectivity index (χ0v) is 14.5. The maximum absolute atomic E-state index is 12.0. The van der Waals surface area contributed by atoms with E-state index in [1.165, 1.54) is 5.69 Å². The molecule has 7 heteroatoms. The molecule has 0 unspecified atom stereocenters. The summed E-state index contributed by atoms with van der Waals surface area (Å²) in [6, 6.07) is 8.31. The second-order valence-electron chi connectivity index (χ2n) is 6.29. The van der Waals surface area contributed by atoms with Gasteiger partial charge in [0.1, 0.15) is 0 Å². The fourth-order valence-corrected chi connectivity index (χ4v) is 4.11. The monoisotopic (exact) mass is 343 g/mol. The summed E-state index contributed by atoms with van der Waals surface area (Å²) in [4.78, 5) is 24.2. The lowest BCUT2D eigenvalue weighted by atomic mass is 10.2. The van der Waals surface area contributed by atoms with Crippen molar-refractivity contribution in [3.05, 3.63) is 45.9 Å². The number of hydrogen-bond acceptors (Lipinski definition) is 6. The molecule has 3 heterocycles. The predicted molar refractivity (Wildman–Crippen MR) is 99.3 cm³/mol. The van der Waals surface area contributed by atoms with Gasteiger partial charge in [-0.25, -0.2) is 4.98 Å². The molecular weight excluding hydrogens is 322 g/mol. The number of anilines is 3. The number of H-pyrrole nitrogens is 1. The third kappa shape index (κ3) is 3.14. The van der Waals surface area contributed by atoms with Crippen LogP contribution in [-0.2, 0) is 11.5 Å². The van der Waals surface area contributed by atoms with Gasteiger partial charge in [0.15, 0.2) is 0 Å². The fraction of sp³-hybridized carbons (Fsp3) is 0.412. The number of fused-ring (bicyclic) bond motifs is 1. The van der Waals surface area contributed by atoms with Crippen LogP contribution in [0.1, 0.15) is 11.3 Å². The lowest BCUT2D eigenvalue weighted by molar-refractivity contribution is 0.313. The highest BCUT2D eigenvalue weighted by Gasteiger charge is 2.18. The minimum atomic E-state index is -0.0263. The van der Waals surface area contributed by atoms with Crippen molar-refractivity contribution >= 4 is 29.1 Å². The van der Waals surface area contributed by atoms with Crippen molar-refractivity contribution in [2.75, 3.05) is 43.4 Å². The molecule has 2 aliphatic rings. The van der Waals surface area contributed by atoms with E-state index < -0.39 is 0 Å². The van der Waals surface area contributed by atoms with E-state index in [0.29, 0.717) is 5.95 Å². The Labute approximate surface area is 145 Å². The van der Waals surface area contributed by atoms with Gasteiger partial charge in [-0.05, 0) is 31.3 Å². The molecule has 24 heavy (non-hydrogen) atoms. The van der Waals surface area contributed by atoms with E-state index >= 15 is 0 Å². The Hall–Kier alpha value is -1.99. The summed E-state index contributed by atoms with van der Waals surface area (Å²) < 4.78 is 0. The third-order valence-corrected chi connectivity index (χ3v) is 5.56. The molecule has 0 amide bonds. The van der Waals surface area contributed by atoms with Crippen LogP contribution in [0.15, 0.2) is 29.1 Å². The number of nitrogens with one attached hydrogen (secondary N) is 2. The summed E-state index contributed by atoms with van der Waals surface area (Å²) in [5.41, 5.74) is 3.86. The Morgan fingerprint density at radius 3 is 2.62 bits per heavy atom. The highest BCUT2D eigenvalue weighted by Crippen LogP contribution is 2.26. The van der Waals surface area contributed by atoms with Crippen LogP contribution in [0.2, 0.25) is 0 Å². The highest BCUT2D eigenvalue weighted by molar-refractivity contribution is 7.98. The second kappa shape index (κ2) is 6.49. The number of rotatable bonds is 3. The first kappa shape index (κ1) is 15.5. The van der Waals surface area contributed by atoms with Crippen LogP contribution in [0, 0.1) is 0 Å². The van der Waals surface area contributed by atoms with Crippen LogP contribution in [0.25, 0.3) is 0 Å². The number of nitrogens with zero attached hydrogens (tertiary/aromatic N) is 3. The normalized spacial score (nSPS) is 17.8. The lowest BCUT2D eigenvalue weighted by Crippen LogP contribution is -2.44. The molecule has 0 saturated carbocycles. The molecule has 4 rings (SSSR count). The summed E-state index contributed by atoms with van der Waals surface area (Å²) in [5.74, 6) is 2.10. The van der Waals surface area contributed by atoms with E-state index in [1.54, 1.807) is 11.8 Å². The molecule has 1 aromatic carbocycles. The zero-order valence-electron chi connectivity index (χ0n) is 13.7. The van der Waals surface area contributed by atoms with Crippen LogP contribution in [0.4, 0.5) is 17.3 Å². The van der Waals surface area contributed by atoms with Gasteiger partial charge in [0.05, 0.1) is 5.69 Å². The summed E-state index contributed by atoms with van der Waals surface area (Å²) >= 11 is 1.73. The molecule has 0 aliphatic carbocycles. The SMILES string of the molecule is CN1CCN(c2ccc(Nc3nc4c(c(=O)[nH]3)CSC4)cc2)CC1. The van der Waals surface area contributed by atoms with E-state index in [1.807, 2.05) is 12.1 Å². The average molecular weight is 343 g/mol. The molecule has 126 valence electrons. The van der Waals surface area contributed by atoms with Crippen molar-refractivity contribution in [3.63, 3.8) is 0 Å². The molecule has 0 bridgehead atoms. The Balaban J connectivity index is 1.48. The molecule has 1 aromatic heterocycles. The van der Waals surface area contributed by atoms with E-state index in [4.69, 9.17) is 0 Å². The molecule has 2 N–H and O–H groups in total. The first-order valence-corrected chi connectivity index (χ1v) is 9.35. The molecule has 1 fully saturated rings. The minimum Gasteiger partial charge on any atom is -0.369 e. The fourth-order valence-electron chi connectivity index (χ4n) is 3.08. The molecule has 0 spiro atoms. The van der Waals surface area contributed by atoms with Crippen LogP contribution < -0.4 is 15.8 Å². The van der Waals surface area contributed by atoms with Crippen LogP contribution in [0.5, 0.6) is 0 Å². The van der Waals surface area contributed by atoms with E-state index in [9.17, 15) is 4.79 Å². The van der Waals surface area contributed by atoms with Gasteiger partial charge in [-0.3, -0.25) is 9.78 Å². The maximum atomic E-state index is 12.0. The van der Waals surface area contributed by atoms with E-state index in [0.717, 1.165) is 54.6 Å². The number of aromatic amines is 1. The summed E-state index contributed by atoms with van der Waals surface area (Å²) in [6.45, 7) is 4.30. The van der Waals surface area contributed by atoms with Gasteiger partial charge in [-0.15, -0.1) is 0 Å². The van der Waals surface area contributed by atoms with Gasteiger partial charge < -0.3 is 15.1 Å². The van der Waals surface area contributed by atoms with Gasteiger partial charge in [0.2, 0.25) is 5.95 Å². The van der Waals surface area contributed by atoms with Crippen LogP contribution in [-0.4, -0.2) is 48.1 Å². The average Bonchev–Trinajstić information content (AvgIpc) is 3.05. The van der Waals surface area contributed by atoms with Crippen molar-refractivity contribution in [2.24, 2.45) is 0 Å². The Morgan fingerprint density at radius 1 is 1.12 bits per heavy atom.